The summed E-state index contributed by atoms with van der Waals surface area (Å²) in [5, 5.41) is 15.7. The molecule has 2 aromatic heterocycles. The van der Waals surface area contributed by atoms with Crippen LogP contribution in [-0.2, 0) is 0 Å². The van der Waals surface area contributed by atoms with Crippen molar-refractivity contribution in [2.75, 3.05) is 0 Å². The van der Waals surface area contributed by atoms with Gasteiger partial charge in [-0.15, -0.1) is 0 Å². The molecule has 7 heteroatoms. The maximum absolute atomic E-state index is 12.3. The van der Waals surface area contributed by atoms with Crippen LogP contribution in [0.5, 0.6) is 0 Å². The van der Waals surface area contributed by atoms with Crippen molar-refractivity contribution in [2.24, 2.45) is 0 Å². The molecule has 2 rings (SSSR count). The highest BCUT2D eigenvalue weighted by molar-refractivity contribution is 5.96. The highest BCUT2D eigenvalue weighted by Crippen LogP contribution is 2.24. The van der Waals surface area contributed by atoms with Crippen LogP contribution in [0.15, 0.2) is 22.9 Å². The van der Waals surface area contributed by atoms with E-state index in [9.17, 15) is 9.59 Å². The predicted octanol–water partition coefficient (Wildman–Crippen LogP) is 2.27. The lowest BCUT2D eigenvalue weighted by molar-refractivity contribution is 0.0696. The third-order valence-corrected chi connectivity index (χ3v) is 3.39. The third-order valence-electron chi connectivity index (χ3n) is 3.39. The zero-order valence-corrected chi connectivity index (χ0v) is 12.6. The van der Waals surface area contributed by atoms with Crippen LogP contribution in [0, 0.1) is 13.8 Å². The van der Waals surface area contributed by atoms with Gasteiger partial charge in [-0.1, -0.05) is 12.1 Å². The summed E-state index contributed by atoms with van der Waals surface area (Å²) in [5.74, 6) is -0.888. The standard InChI is InChI=1S/C15H17N3O4/c1-4-11(13-8(2)18-22-9(13)3)17-14(19)12-7-10(15(20)21)5-6-16-12/h5-7,11H,4H2,1-3H3,(H,17,19)(H,20,21). The van der Waals surface area contributed by atoms with E-state index < -0.39 is 11.9 Å². The molecule has 1 amide bonds. The number of carbonyl (C=O) groups is 2. The SMILES string of the molecule is CCC(NC(=O)c1cc(C(=O)O)ccn1)c1c(C)noc1C. The summed E-state index contributed by atoms with van der Waals surface area (Å²) in [6, 6.07) is 2.32. The number of carboxylic acid groups (broad SMARTS) is 1. The third kappa shape index (κ3) is 3.13. The smallest absolute Gasteiger partial charge is 0.335 e. The van der Waals surface area contributed by atoms with Gasteiger partial charge in [0, 0.05) is 11.8 Å². The molecule has 0 aliphatic heterocycles. The molecule has 2 heterocycles. The monoisotopic (exact) mass is 303 g/mol. The Kier molecular flexibility index (Phi) is 4.55. The molecule has 0 fully saturated rings. The van der Waals surface area contributed by atoms with Gasteiger partial charge >= 0.3 is 5.97 Å². The van der Waals surface area contributed by atoms with Crippen molar-refractivity contribution in [3.05, 3.63) is 46.6 Å². The Labute approximate surface area is 127 Å². The number of aromatic carboxylic acids is 1. The lowest BCUT2D eigenvalue weighted by atomic mass is 10.0. The van der Waals surface area contributed by atoms with Crippen LogP contribution in [0.4, 0.5) is 0 Å². The first kappa shape index (κ1) is 15.7. The number of amides is 1. The van der Waals surface area contributed by atoms with Crippen molar-refractivity contribution in [3.63, 3.8) is 0 Å². The largest absolute Gasteiger partial charge is 0.478 e. The molecular weight excluding hydrogens is 286 g/mol. The quantitative estimate of drug-likeness (QED) is 0.877. The Hall–Kier alpha value is -2.70. The first-order valence-electron chi connectivity index (χ1n) is 6.87. The van der Waals surface area contributed by atoms with Gasteiger partial charge in [0.1, 0.15) is 11.5 Å². The van der Waals surface area contributed by atoms with Gasteiger partial charge in [-0.2, -0.15) is 0 Å². The lowest BCUT2D eigenvalue weighted by Gasteiger charge is -2.16. The van der Waals surface area contributed by atoms with E-state index >= 15 is 0 Å². The van der Waals surface area contributed by atoms with Gasteiger partial charge in [-0.25, -0.2) is 4.79 Å². The maximum Gasteiger partial charge on any atom is 0.335 e. The van der Waals surface area contributed by atoms with Gasteiger partial charge in [-0.3, -0.25) is 9.78 Å². The first-order valence-corrected chi connectivity index (χ1v) is 6.87. The minimum Gasteiger partial charge on any atom is -0.478 e. The minimum absolute atomic E-state index is 0.0190. The average molecular weight is 303 g/mol. The summed E-state index contributed by atoms with van der Waals surface area (Å²) in [6.07, 6.45) is 1.95. The molecule has 0 aliphatic rings. The molecule has 116 valence electrons. The van der Waals surface area contributed by atoms with Crippen LogP contribution in [0.2, 0.25) is 0 Å². The number of rotatable bonds is 5. The second kappa shape index (κ2) is 6.38. The fourth-order valence-corrected chi connectivity index (χ4v) is 2.29. The van der Waals surface area contributed by atoms with Gasteiger partial charge in [0.25, 0.3) is 5.91 Å². The number of nitrogens with zero attached hydrogens (tertiary/aromatic N) is 2. The zero-order chi connectivity index (χ0) is 16.3. The van der Waals surface area contributed by atoms with Crippen molar-refractivity contribution in [2.45, 2.75) is 33.2 Å². The molecule has 7 nitrogen and oxygen atoms in total. The zero-order valence-electron chi connectivity index (χ0n) is 12.6. The molecule has 22 heavy (non-hydrogen) atoms. The minimum atomic E-state index is -1.10. The number of carboxylic acids is 1. The second-order valence-electron chi connectivity index (χ2n) is 4.91. The van der Waals surface area contributed by atoms with E-state index in [2.05, 4.69) is 15.5 Å². The van der Waals surface area contributed by atoms with E-state index in [1.165, 1.54) is 18.3 Å². The van der Waals surface area contributed by atoms with E-state index in [0.717, 1.165) is 11.3 Å². The molecule has 0 radical (unpaired) electrons. The lowest BCUT2D eigenvalue weighted by Crippen LogP contribution is -2.29. The van der Waals surface area contributed by atoms with E-state index in [4.69, 9.17) is 9.63 Å². The van der Waals surface area contributed by atoms with Crippen molar-refractivity contribution < 1.29 is 19.2 Å². The van der Waals surface area contributed by atoms with E-state index in [1.54, 1.807) is 6.92 Å². The van der Waals surface area contributed by atoms with Crippen LogP contribution in [-0.4, -0.2) is 27.1 Å². The van der Waals surface area contributed by atoms with E-state index in [1.807, 2.05) is 13.8 Å². The van der Waals surface area contributed by atoms with E-state index in [0.29, 0.717) is 12.2 Å². The molecule has 0 aromatic carbocycles. The first-order chi connectivity index (χ1) is 10.4. The number of aromatic nitrogens is 2. The Morgan fingerprint density at radius 1 is 1.41 bits per heavy atom. The van der Waals surface area contributed by atoms with Crippen LogP contribution >= 0.6 is 0 Å². The van der Waals surface area contributed by atoms with Gasteiger partial charge in [-0.05, 0) is 32.4 Å². The number of hydrogen-bond donors (Lipinski definition) is 2. The fraction of sp³-hybridized carbons (Fsp3) is 0.333. The number of aryl methyl sites for hydroxylation is 2. The van der Waals surface area contributed by atoms with Crippen LogP contribution in [0.3, 0.4) is 0 Å². The summed E-state index contributed by atoms with van der Waals surface area (Å²) in [7, 11) is 0. The molecule has 2 aromatic rings. The van der Waals surface area contributed by atoms with Crippen molar-refractivity contribution in [1.29, 1.82) is 0 Å². The van der Waals surface area contributed by atoms with Crippen LogP contribution in [0.25, 0.3) is 0 Å². The molecule has 1 atom stereocenters. The summed E-state index contributed by atoms with van der Waals surface area (Å²) >= 11 is 0. The van der Waals surface area contributed by atoms with Gasteiger partial charge in [0.15, 0.2) is 0 Å². The number of nitrogens with one attached hydrogen (secondary N) is 1. The summed E-state index contributed by atoms with van der Waals surface area (Å²) in [6.45, 7) is 5.52. The summed E-state index contributed by atoms with van der Waals surface area (Å²) in [4.78, 5) is 27.2. The molecular formula is C15H17N3O4. The molecule has 0 aliphatic carbocycles. The number of pyridine rings is 1. The highest BCUT2D eigenvalue weighted by atomic mass is 16.5. The average Bonchev–Trinajstić information content (AvgIpc) is 2.84. The molecule has 0 bridgehead atoms. The molecule has 0 spiro atoms. The Morgan fingerprint density at radius 2 is 2.14 bits per heavy atom. The molecule has 0 saturated carbocycles. The summed E-state index contributed by atoms with van der Waals surface area (Å²) in [5.41, 5.74) is 1.64. The molecule has 0 saturated heterocycles. The Morgan fingerprint density at radius 3 is 2.68 bits per heavy atom. The topological polar surface area (TPSA) is 105 Å². The summed E-state index contributed by atoms with van der Waals surface area (Å²) < 4.78 is 5.12. The van der Waals surface area contributed by atoms with Crippen molar-refractivity contribution in [3.8, 4) is 0 Å². The van der Waals surface area contributed by atoms with Gasteiger partial charge in [0.2, 0.25) is 0 Å². The Balaban J connectivity index is 2.23. The van der Waals surface area contributed by atoms with Gasteiger partial charge in [0.05, 0.1) is 17.3 Å². The molecule has 2 N–H and O–H groups in total. The molecule has 1 unspecified atom stereocenters. The predicted molar refractivity (Wildman–Crippen MR) is 77.7 cm³/mol. The Bertz CT molecular complexity index is 689. The van der Waals surface area contributed by atoms with Gasteiger partial charge < -0.3 is 14.9 Å². The van der Waals surface area contributed by atoms with Crippen molar-refractivity contribution in [1.82, 2.24) is 15.5 Å². The van der Waals surface area contributed by atoms with Crippen molar-refractivity contribution >= 4 is 11.9 Å². The normalized spacial score (nSPS) is 12.0. The number of carbonyl (C=O) groups excluding carboxylic acids is 1. The fourth-order valence-electron chi connectivity index (χ4n) is 2.29. The second-order valence-corrected chi connectivity index (χ2v) is 4.91. The van der Waals surface area contributed by atoms with Crippen LogP contribution < -0.4 is 5.32 Å². The number of hydrogen-bond acceptors (Lipinski definition) is 5. The van der Waals surface area contributed by atoms with E-state index in [-0.39, 0.29) is 17.3 Å². The maximum atomic E-state index is 12.3. The highest BCUT2D eigenvalue weighted by Gasteiger charge is 2.22. The van der Waals surface area contributed by atoms with Crippen LogP contribution in [0.1, 0.15) is 57.3 Å².